The van der Waals surface area contributed by atoms with Crippen molar-refractivity contribution in [2.24, 2.45) is 0 Å². The van der Waals surface area contributed by atoms with Crippen LogP contribution in [0, 0.1) is 0 Å². The third-order valence-electron chi connectivity index (χ3n) is 3.06. The number of hydrogen-bond donors (Lipinski definition) is 2. The van der Waals surface area contributed by atoms with E-state index in [1.165, 1.54) is 0 Å². The lowest BCUT2D eigenvalue weighted by atomic mass is 10.1. The average molecular weight is 330 g/mol. The predicted molar refractivity (Wildman–Crippen MR) is 81.4 cm³/mol. The van der Waals surface area contributed by atoms with E-state index in [4.69, 9.17) is 0 Å². The number of nitrogens with zero attached hydrogens (tertiary/aromatic N) is 1. The van der Waals surface area contributed by atoms with Crippen LogP contribution in [0.15, 0.2) is 53.4 Å². The quantitative estimate of drug-likeness (QED) is 0.774. The van der Waals surface area contributed by atoms with Gasteiger partial charge in [-0.05, 0) is 35.0 Å². The first kappa shape index (κ1) is 12.9. The molecule has 0 spiro atoms. The molecule has 3 aromatic rings. The largest absolute Gasteiger partial charge is 0.347 e. The summed E-state index contributed by atoms with van der Waals surface area (Å²) in [6.45, 7) is 0.442. The van der Waals surface area contributed by atoms with Gasteiger partial charge in [-0.25, -0.2) is 4.98 Å². The van der Waals surface area contributed by atoms with Crippen LogP contribution < -0.4 is 5.32 Å². The highest BCUT2D eigenvalue weighted by Gasteiger charge is 2.06. The molecule has 1 amide bonds. The van der Waals surface area contributed by atoms with Crippen molar-refractivity contribution >= 4 is 32.6 Å². The van der Waals surface area contributed by atoms with E-state index in [1.807, 2.05) is 36.4 Å². The van der Waals surface area contributed by atoms with Crippen LogP contribution in [0.1, 0.15) is 16.1 Å². The number of carbonyl (C=O) groups is 1. The molecule has 4 nitrogen and oxygen atoms in total. The molecule has 0 aliphatic heterocycles. The van der Waals surface area contributed by atoms with E-state index < -0.39 is 0 Å². The van der Waals surface area contributed by atoms with E-state index >= 15 is 0 Å². The maximum Gasteiger partial charge on any atom is 0.251 e. The number of nitrogens with one attached hydrogen (secondary N) is 2. The molecule has 1 aromatic heterocycles. The highest BCUT2D eigenvalue weighted by molar-refractivity contribution is 9.10. The zero-order valence-electron chi connectivity index (χ0n) is 10.6. The lowest BCUT2D eigenvalue weighted by Gasteiger charge is -2.05. The Balaban J connectivity index is 1.79. The molecule has 0 unspecified atom stereocenters. The van der Waals surface area contributed by atoms with E-state index in [9.17, 15) is 4.79 Å². The van der Waals surface area contributed by atoms with Gasteiger partial charge in [-0.2, -0.15) is 0 Å². The fraction of sp³-hybridized carbons (Fsp3) is 0.0667. The second kappa shape index (κ2) is 5.46. The zero-order chi connectivity index (χ0) is 13.9. The molecular formula is C15H12BrN3O. The summed E-state index contributed by atoms with van der Waals surface area (Å²) in [5.74, 6) is -0.0931. The molecule has 0 aliphatic carbocycles. The molecule has 2 aromatic carbocycles. The molecule has 0 saturated heterocycles. The van der Waals surface area contributed by atoms with Gasteiger partial charge in [-0.3, -0.25) is 4.79 Å². The van der Waals surface area contributed by atoms with Gasteiger partial charge in [0.25, 0.3) is 5.91 Å². The van der Waals surface area contributed by atoms with Crippen LogP contribution in [0.2, 0.25) is 0 Å². The van der Waals surface area contributed by atoms with E-state index in [2.05, 4.69) is 31.2 Å². The van der Waals surface area contributed by atoms with Crippen molar-refractivity contribution in [3.05, 3.63) is 64.7 Å². The summed E-state index contributed by atoms with van der Waals surface area (Å²) in [5, 5.41) is 5.00. The normalized spacial score (nSPS) is 10.7. The minimum Gasteiger partial charge on any atom is -0.347 e. The van der Waals surface area contributed by atoms with Crippen molar-refractivity contribution in [3.8, 4) is 0 Å². The summed E-state index contributed by atoms with van der Waals surface area (Å²) in [4.78, 5) is 19.0. The summed E-state index contributed by atoms with van der Waals surface area (Å²) in [7, 11) is 0. The number of aromatic amines is 1. The summed E-state index contributed by atoms with van der Waals surface area (Å²) in [6, 6.07) is 11.7. The van der Waals surface area contributed by atoms with Crippen molar-refractivity contribution in [1.82, 2.24) is 15.3 Å². The number of hydrogen-bond acceptors (Lipinski definition) is 2. The molecule has 0 fully saturated rings. The molecule has 0 aliphatic rings. The number of halogens is 1. The van der Waals surface area contributed by atoms with Crippen LogP contribution in [0.5, 0.6) is 0 Å². The lowest BCUT2D eigenvalue weighted by Crippen LogP contribution is -2.22. The summed E-state index contributed by atoms with van der Waals surface area (Å²) < 4.78 is 1.03. The van der Waals surface area contributed by atoms with Gasteiger partial charge < -0.3 is 10.3 Å². The van der Waals surface area contributed by atoms with Crippen LogP contribution >= 0.6 is 15.9 Å². The standard InChI is InChI=1S/C15H12BrN3O/c16-13-4-3-10-5-12(2-1-11(10)6-13)15(20)18-8-14-7-17-9-19-14/h1-7,9H,8H2,(H,17,19)(H,18,20). The lowest BCUT2D eigenvalue weighted by molar-refractivity contribution is 0.0950. The minimum atomic E-state index is -0.0931. The average Bonchev–Trinajstić information content (AvgIpc) is 2.97. The Labute approximate surface area is 124 Å². The smallest absolute Gasteiger partial charge is 0.251 e. The highest BCUT2D eigenvalue weighted by atomic mass is 79.9. The predicted octanol–water partition coefficient (Wildman–Crippen LogP) is 3.26. The number of fused-ring (bicyclic) bond motifs is 1. The molecule has 1 heterocycles. The van der Waals surface area contributed by atoms with Crippen LogP contribution in [-0.4, -0.2) is 15.9 Å². The molecule has 3 rings (SSSR count). The SMILES string of the molecule is O=C(NCc1cnc[nH]1)c1ccc2cc(Br)ccc2c1. The van der Waals surface area contributed by atoms with Crippen molar-refractivity contribution in [2.75, 3.05) is 0 Å². The topological polar surface area (TPSA) is 57.8 Å². The first-order valence-corrected chi connectivity index (χ1v) is 6.96. The molecule has 2 N–H and O–H groups in total. The van der Waals surface area contributed by atoms with Crippen LogP contribution in [0.4, 0.5) is 0 Å². The molecule has 0 bridgehead atoms. The van der Waals surface area contributed by atoms with Crippen LogP contribution in [-0.2, 0) is 6.54 Å². The maximum atomic E-state index is 12.1. The Morgan fingerprint density at radius 1 is 1.20 bits per heavy atom. The maximum absolute atomic E-state index is 12.1. The van der Waals surface area contributed by atoms with Crippen molar-refractivity contribution in [1.29, 1.82) is 0 Å². The van der Waals surface area contributed by atoms with Crippen LogP contribution in [0.3, 0.4) is 0 Å². The number of amides is 1. The monoisotopic (exact) mass is 329 g/mol. The molecule has 20 heavy (non-hydrogen) atoms. The Bertz CT molecular complexity index is 753. The molecule has 0 saturated carbocycles. The Morgan fingerprint density at radius 3 is 2.80 bits per heavy atom. The van der Waals surface area contributed by atoms with Gasteiger partial charge >= 0.3 is 0 Å². The van der Waals surface area contributed by atoms with E-state index in [0.29, 0.717) is 12.1 Å². The van der Waals surface area contributed by atoms with Gasteiger partial charge in [0, 0.05) is 16.2 Å². The van der Waals surface area contributed by atoms with Gasteiger partial charge in [0.2, 0.25) is 0 Å². The third-order valence-corrected chi connectivity index (χ3v) is 3.55. The summed E-state index contributed by atoms with van der Waals surface area (Å²) in [6.07, 6.45) is 3.29. The second-order valence-electron chi connectivity index (χ2n) is 4.47. The fourth-order valence-electron chi connectivity index (χ4n) is 2.02. The number of rotatable bonds is 3. The van der Waals surface area contributed by atoms with Gasteiger partial charge in [0.1, 0.15) is 0 Å². The number of benzene rings is 2. The van der Waals surface area contributed by atoms with Crippen molar-refractivity contribution in [2.45, 2.75) is 6.54 Å². The molecule has 100 valence electrons. The first-order valence-electron chi connectivity index (χ1n) is 6.17. The minimum absolute atomic E-state index is 0.0931. The first-order chi connectivity index (χ1) is 9.72. The summed E-state index contributed by atoms with van der Waals surface area (Å²) in [5.41, 5.74) is 1.53. The van der Waals surface area contributed by atoms with Crippen molar-refractivity contribution < 1.29 is 4.79 Å². The van der Waals surface area contributed by atoms with Crippen molar-refractivity contribution in [3.63, 3.8) is 0 Å². The third kappa shape index (κ3) is 2.72. The second-order valence-corrected chi connectivity index (χ2v) is 5.38. The fourth-order valence-corrected chi connectivity index (χ4v) is 2.40. The van der Waals surface area contributed by atoms with E-state index in [1.54, 1.807) is 12.5 Å². The molecule has 5 heteroatoms. The highest BCUT2D eigenvalue weighted by Crippen LogP contribution is 2.20. The van der Waals surface area contributed by atoms with Crippen LogP contribution in [0.25, 0.3) is 10.8 Å². The summed E-state index contributed by atoms with van der Waals surface area (Å²) >= 11 is 3.44. The van der Waals surface area contributed by atoms with Gasteiger partial charge in [0.05, 0.1) is 18.6 Å². The Hall–Kier alpha value is -2.14. The van der Waals surface area contributed by atoms with E-state index in [-0.39, 0.29) is 5.91 Å². The molecular weight excluding hydrogens is 318 g/mol. The number of aromatic nitrogens is 2. The van der Waals surface area contributed by atoms with E-state index in [0.717, 1.165) is 20.9 Å². The number of H-pyrrole nitrogens is 1. The zero-order valence-corrected chi connectivity index (χ0v) is 12.1. The number of carbonyl (C=O) groups excluding carboxylic acids is 1. The number of imidazole rings is 1. The Kier molecular flexibility index (Phi) is 3.52. The molecule has 0 atom stereocenters. The Morgan fingerprint density at radius 2 is 2.00 bits per heavy atom. The molecule has 0 radical (unpaired) electrons. The van der Waals surface area contributed by atoms with Gasteiger partial charge in [-0.15, -0.1) is 0 Å². The van der Waals surface area contributed by atoms with Gasteiger partial charge in [0.15, 0.2) is 0 Å². The van der Waals surface area contributed by atoms with Gasteiger partial charge in [-0.1, -0.05) is 28.1 Å².